The first-order valence-corrected chi connectivity index (χ1v) is 3.45. The Hall–Kier alpha value is 2.80. The van der Waals surface area contributed by atoms with Gasteiger partial charge in [0.2, 0.25) is 0 Å². The normalized spacial score (nSPS) is 4.65. The van der Waals surface area contributed by atoms with Crippen LogP contribution in [0.2, 0.25) is 0 Å². The van der Waals surface area contributed by atoms with Gasteiger partial charge >= 0.3 is 0 Å². The number of benzene rings is 1. The fourth-order valence-electron chi connectivity index (χ4n) is 0.436. The molecule has 0 nitrogen and oxygen atoms in total. The van der Waals surface area contributed by atoms with Crippen molar-refractivity contribution in [3.8, 4) is 0 Å². The van der Waals surface area contributed by atoms with Crippen LogP contribution in [0, 0.1) is 33.4 Å². The Morgan fingerprint density at radius 1 is 1.12 bits per heavy atom. The number of hydrogen-bond donors (Lipinski definition) is 0. The maximum Gasteiger partial charge on any atom is 0 e. The Labute approximate surface area is 190 Å². The summed E-state index contributed by atoms with van der Waals surface area (Å²) in [5.74, 6) is 0. The number of hydrogen-bond acceptors (Lipinski definition) is 0. The molecule has 0 heterocycles. The van der Waals surface area contributed by atoms with Crippen molar-refractivity contribution in [2.24, 2.45) is 0 Å². The Kier molecular flexibility index (Phi) is 126. The van der Waals surface area contributed by atoms with E-state index in [0.717, 1.165) is 12.0 Å². The molecule has 0 atom stereocenters. The van der Waals surface area contributed by atoms with Crippen LogP contribution in [-0.4, -0.2) is 0 Å². The summed E-state index contributed by atoms with van der Waals surface area (Å²) in [7, 11) is 0. The topological polar surface area (TPSA) is 0 Å². The molecule has 0 amide bonds. The van der Waals surface area contributed by atoms with E-state index in [0.29, 0.717) is 0 Å². The average Bonchev–Trinajstić information content (AvgIpc) is 1.91. The van der Waals surface area contributed by atoms with Crippen molar-refractivity contribution in [3.05, 3.63) is 50.2 Å². The zero-order chi connectivity index (χ0) is 7.82. The van der Waals surface area contributed by atoms with Gasteiger partial charge in [-0.1, -0.05) is 21.8 Å². The van der Waals surface area contributed by atoms with E-state index in [9.17, 15) is 0 Å². The second-order valence-corrected chi connectivity index (χ2v) is 1.97. The Morgan fingerprint density at radius 2 is 1.47 bits per heavy atom. The largest absolute Gasteiger partial charge is 0.358 e. The zero-order valence-corrected chi connectivity index (χ0v) is 21.2. The van der Waals surface area contributed by atoms with E-state index in [-0.39, 0.29) is 130 Å². The van der Waals surface area contributed by atoms with Gasteiger partial charge in [0, 0.05) is 108 Å². The predicted octanol–water partition coefficient (Wildman–Crippen LogP) is 4.54. The molecule has 0 saturated heterocycles. The molecule has 2 radical (unpaired) electrons. The fourth-order valence-corrected chi connectivity index (χ4v) is 0.436. The van der Waals surface area contributed by atoms with Crippen LogP contribution in [-0.2, 0) is 108 Å². The summed E-state index contributed by atoms with van der Waals surface area (Å²) in [6.07, 6.45) is 1.00. The van der Waals surface area contributed by atoms with Crippen LogP contribution in [0.1, 0.15) is 33.8 Å². The molecule has 1 aromatic carbocycles. The first kappa shape index (κ1) is 50.3. The third-order valence-electron chi connectivity index (χ3n) is 0.790. The standard InChI is InChI=1S/C7H6.C3H7.2CH4.CH3.2W.2Y/c1-7-5-3-2-4-6-7;1-3-2;;;;;;;/h2-3,6H,1H3;1,3H2,2H3;2*1H4;1H3;;;;/q-2;-1;;;-1;;;;. The van der Waals surface area contributed by atoms with E-state index in [1.807, 2.05) is 32.0 Å². The second kappa shape index (κ2) is 42.8. The van der Waals surface area contributed by atoms with Crippen molar-refractivity contribution in [1.82, 2.24) is 0 Å². The quantitative estimate of drug-likeness (QED) is 0.345. The van der Waals surface area contributed by atoms with Crippen molar-refractivity contribution < 1.29 is 108 Å². The smallest absolute Gasteiger partial charge is 0 e. The molecule has 0 aliphatic rings. The molecule has 0 unspecified atom stereocenters. The van der Waals surface area contributed by atoms with E-state index in [4.69, 9.17) is 0 Å². The molecule has 17 heavy (non-hydrogen) atoms. The third-order valence-corrected chi connectivity index (χ3v) is 0.790. The van der Waals surface area contributed by atoms with Gasteiger partial charge < -0.3 is 26.5 Å². The average molecular weight is 726 g/mol. The monoisotopic (exact) mass is 726 g/mol. The molecule has 0 saturated carbocycles. The molecule has 0 N–H and O–H groups in total. The molecule has 0 aromatic heterocycles. The molecule has 0 bridgehead atoms. The second-order valence-electron chi connectivity index (χ2n) is 1.97. The molecular weight excluding hydrogens is 702 g/mol. The minimum Gasteiger partial charge on any atom is -0.358 e. The molecule has 98 valence electrons. The third kappa shape index (κ3) is 45.5. The van der Waals surface area contributed by atoms with Crippen molar-refractivity contribution in [2.75, 3.05) is 0 Å². The van der Waals surface area contributed by atoms with E-state index in [1.165, 1.54) is 0 Å². The summed E-state index contributed by atoms with van der Waals surface area (Å²) in [6.45, 7) is 7.50. The van der Waals surface area contributed by atoms with Gasteiger partial charge in [-0.3, -0.25) is 23.8 Å². The van der Waals surface area contributed by atoms with Crippen molar-refractivity contribution in [2.45, 2.75) is 35.1 Å². The Morgan fingerprint density at radius 3 is 1.59 bits per heavy atom. The van der Waals surface area contributed by atoms with Gasteiger partial charge in [0.1, 0.15) is 0 Å². The SMILES string of the molecule is C.C.Cc1[c-]cc[c-]c1.[CH2-]CC.[CH3-].[W].[W].[Y].[Y]. The molecule has 0 spiro atoms. The van der Waals surface area contributed by atoms with Crippen LogP contribution >= 0.6 is 0 Å². The summed E-state index contributed by atoms with van der Waals surface area (Å²) >= 11 is 0. The van der Waals surface area contributed by atoms with Gasteiger partial charge in [0.05, 0.1) is 0 Å². The number of rotatable bonds is 0. The fraction of sp³-hybridized carbons (Fsp3) is 0.385. The van der Waals surface area contributed by atoms with E-state index in [2.05, 4.69) is 19.1 Å². The zero-order valence-electron chi connectivity index (χ0n) is 9.62. The predicted molar refractivity (Wildman–Crippen MR) is 64.4 cm³/mol. The molecule has 0 aliphatic heterocycles. The molecule has 1 aromatic rings. The minimum absolute atomic E-state index is 0. The van der Waals surface area contributed by atoms with Crippen LogP contribution < -0.4 is 0 Å². The van der Waals surface area contributed by atoms with Gasteiger partial charge in [-0.2, -0.15) is 6.42 Å². The van der Waals surface area contributed by atoms with E-state index in [1.54, 1.807) is 0 Å². The van der Waals surface area contributed by atoms with Gasteiger partial charge in [-0.05, 0) is 0 Å². The maximum absolute atomic E-state index is 3.49. The Balaban J connectivity index is -0.0000000126. The summed E-state index contributed by atoms with van der Waals surface area (Å²) in [6, 6.07) is 11.5. The molecule has 4 heteroatoms. The molecular formula is C13H24W2Y2-4. The number of aryl methyl sites for hydroxylation is 1. The maximum atomic E-state index is 3.49. The summed E-state index contributed by atoms with van der Waals surface area (Å²) in [5.41, 5.74) is 1.14. The van der Waals surface area contributed by atoms with Crippen molar-refractivity contribution >= 4 is 0 Å². The minimum atomic E-state index is 0. The molecule has 0 fully saturated rings. The van der Waals surface area contributed by atoms with Crippen LogP contribution in [0.3, 0.4) is 0 Å². The van der Waals surface area contributed by atoms with Crippen molar-refractivity contribution in [3.63, 3.8) is 0 Å². The molecule has 1 rings (SSSR count). The Bertz CT molecular complexity index is 159. The van der Waals surface area contributed by atoms with Gasteiger partial charge in [-0.15, -0.1) is 6.92 Å². The first-order chi connectivity index (χ1) is 4.81. The van der Waals surface area contributed by atoms with Gasteiger partial charge in [-0.25, -0.2) is 0 Å². The van der Waals surface area contributed by atoms with Crippen LogP contribution in [0.5, 0.6) is 0 Å². The summed E-state index contributed by atoms with van der Waals surface area (Å²) in [5, 5.41) is 0. The van der Waals surface area contributed by atoms with Crippen molar-refractivity contribution in [1.29, 1.82) is 0 Å². The van der Waals surface area contributed by atoms with E-state index >= 15 is 0 Å². The van der Waals surface area contributed by atoms with E-state index < -0.39 is 0 Å². The van der Waals surface area contributed by atoms with Gasteiger partial charge in [0.15, 0.2) is 0 Å². The first-order valence-electron chi connectivity index (χ1n) is 3.45. The summed E-state index contributed by atoms with van der Waals surface area (Å²) in [4.78, 5) is 0. The summed E-state index contributed by atoms with van der Waals surface area (Å²) < 4.78 is 0. The van der Waals surface area contributed by atoms with Crippen LogP contribution in [0.15, 0.2) is 18.2 Å². The van der Waals surface area contributed by atoms with Crippen LogP contribution in [0.4, 0.5) is 0 Å². The molecule has 0 aliphatic carbocycles. The van der Waals surface area contributed by atoms with Crippen LogP contribution in [0.25, 0.3) is 0 Å². The van der Waals surface area contributed by atoms with Gasteiger partial charge in [0.25, 0.3) is 0 Å².